The van der Waals surface area contributed by atoms with Crippen LogP contribution in [0, 0.1) is 6.92 Å². The predicted octanol–water partition coefficient (Wildman–Crippen LogP) is -0.454. The molecule has 2 heterocycles. The number of benzene rings is 1. The third kappa shape index (κ3) is 2.96. The molecule has 0 saturated carbocycles. The van der Waals surface area contributed by atoms with Gasteiger partial charge in [-0.3, -0.25) is 4.18 Å². The zero-order chi connectivity index (χ0) is 15.2. The zero-order valence-electron chi connectivity index (χ0n) is 11.2. The molecule has 7 nitrogen and oxygen atoms in total. The molecule has 2 saturated heterocycles. The van der Waals surface area contributed by atoms with Gasteiger partial charge in [-0.1, -0.05) is 17.7 Å². The summed E-state index contributed by atoms with van der Waals surface area (Å²) in [7, 11) is -3.93. The monoisotopic (exact) mass is 316 g/mol. The van der Waals surface area contributed by atoms with Gasteiger partial charge >= 0.3 is 0 Å². The van der Waals surface area contributed by atoms with E-state index in [-0.39, 0.29) is 11.5 Å². The van der Waals surface area contributed by atoms with Gasteiger partial charge in [-0.2, -0.15) is 8.42 Å². The zero-order valence-corrected chi connectivity index (χ0v) is 12.1. The molecule has 1 aromatic carbocycles. The highest BCUT2D eigenvalue weighted by molar-refractivity contribution is 7.86. The molecule has 116 valence electrons. The van der Waals surface area contributed by atoms with Crippen molar-refractivity contribution in [1.82, 2.24) is 0 Å². The van der Waals surface area contributed by atoms with E-state index in [9.17, 15) is 18.6 Å². The van der Waals surface area contributed by atoms with Crippen molar-refractivity contribution >= 4 is 10.1 Å². The van der Waals surface area contributed by atoms with Crippen molar-refractivity contribution in [2.24, 2.45) is 0 Å². The third-order valence-corrected chi connectivity index (χ3v) is 4.87. The number of hydrogen-bond acceptors (Lipinski definition) is 7. The van der Waals surface area contributed by atoms with Crippen molar-refractivity contribution in [2.45, 2.75) is 42.5 Å². The molecule has 21 heavy (non-hydrogen) atoms. The Kier molecular flexibility index (Phi) is 3.76. The molecular formula is C13H16O7S. The van der Waals surface area contributed by atoms with E-state index < -0.39 is 40.8 Å². The normalized spacial score (nSPS) is 35.3. The number of aliphatic hydroxyl groups is 2. The van der Waals surface area contributed by atoms with E-state index in [4.69, 9.17) is 13.7 Å². The first kappa shape index (κ1) is 14.9. The lowest BCUT2D eigenvalue weighted by molar-refractivity contribution is -0.192. The number of aryl methyl sites for hydroxylation is 1. The van der Waals surface area contributed by atoms with Gasteiger partial charge in [-0.05, 0) is 19.1 Å². The fraction of sp³-hybridized carbons (Fsp3) is 0.538. The van der Waals surface area contributed by atoms with Gasteiger partial charge < -0.3 is 19.7 Å². The minimum Gasteiger partial charge on any atom is -0.387 e. The molecule has 2 fully saturated rings. The summed E-state index contributed by atoms with van der Waals surface area (Å²) in [6, 6.07) is 6.21. The Morgan fingerprint density at radius 3 is 2.48 bits per heavy atom. The molecule has 0 aromatic heterocycles. The molecule has 0 aliphatic carbocycles. The van der Waals surface area contributed by atoms with Crippen LogP contribution in [0.4, 0.5) is 0 Å². The highest BCUT2D eigenvalue weighted by Crippen LogP contribution is 2.36. The molecule has 5 atom stereocenters. The fourth-order valence-corrected chi connectivity index (χ4v) is 3.18. The molecule has 2 aliphatic heterocycles. The predicted molar refractivity (Wildman–Crippen MR) is 69.9 cm³/mol. The quantitative estimate of drug-likeness (QED) is 0.572. The minimum absolute atomic E-state index is 0.0273. The molecule has 0 spiro atoms. The Balaban J connectivity index is 1.65. The van der Waals surface area contributed by atoms with Gasteiger partial charge in [0.25, 0.3) is 10.1 Å². The summed E-state index contributed by atoms with van der Waals surface area (Å²) in [6.07, 6.45) is -4.21. The molecule has 2 N–H and O–H groups in total. The highest BCUT2D eigenvalue weighted by atomic mass is 32.2. The van der Waals surface area contributed by atoms with Gasteiger partial charge in [0.15, 0.2) is 6.29 Å². The Bertz CT molecular complexity index is 612. The Hall–Kier alpha value is -1.03. The standard InChI is InChI=1S/C13H16O7S/c1-7-2-4-8(5-3-7)21(16,17)18-6-9-10(14)11-12(20-11)13(15)19-9/h2-5,9-15H,6H2,1H3/t9-,10+,11-,12+,13+/m1/s1. The summed E-state index contributed by atoms with van der Waals surface area (Å²) in [4.78, 5) is 0.0273. The van der Waals surface area contributed by atoms with Crippen molar-refractivity contribution in [1.29, 1.82) is 0 Å². The lowest BCUT2D eigenvalue weighted by atomic mass is 10.1. The Labute approximate surface area is 122 Å². The summed E-state index contributed by atoms with van der Waals surface area (Å²) in [5.41, 5.74) is 0.931. The van der Waals surface area contributed by atoms with Gasteiger partial charge in [0.1, 0.15) is 24.4 Å². The first-order valence-corrected chi connectivity index (χ1v) is 7.92. The van der Waals surface area contributed by atoms with Crippen LogP contribution in [0.25, 0.3) is 0 Å². The van der Waals surface area contributed by atoms with E-state index in [1.807, 2.05) is 6.92 Å². The smallest absolute Gasteiger partial charge is 0.297 e. The number of epoxide rings is 1. The molecule has 0 radical (unpaired) electrons. The Morgan fingerprint density at radius 2 is 1.81 bits per heavy atom. The number of rotatable bonds is 4. The van der Waals surface area contributed by atoms with Gasteiger partial charge in [0, 0.05) is 0 Å². The lowest BCUT2D eigenvalue weighted by Crippen LogP contribution is -2.47. The average Bonchev–Trinajstić information content (AvgIpc) is 3.23. The SMILES string of the molecule is Cc1ccc(S(=O)(=O)OC[C@H]2O[C@H](O)[C@H]3O[C@@H]3[C@H]2O)cc1. The maximum atomic E-state index is 12.0. The van der Waals surface area contributed by atoms with E-state index in [2.05, 4.69) is 0 Å². The number of aliphatic hydroxyl groups excluding tert-OH is 2. The van der Waals surface area contributed by atoms with Crippen molar-refractivity contribution in [3.05, 3.63) is 29.8 Å². The largest absolute Gasteiger partial charge is 0.387 e. The van der Waals surface area contributed by atoms with Crippen LogP contribution < -0.4 is 0 Å². The fourth-order valence-electron chi connectivity index (χ4n) is 2.26. The van der Waals surface area contributed by atoms with Gasteiger partial charge in [-0.15, -0.1) is 0 Å². The van der Waals surface area contributed by atoms with Crippen LogP contribution in [-0.2, 0) is 23.8 Å². The molecule has 3 rings (SSSR count). The van der Waals surface area contributed by atoms with Crippen LogP contribution in [0.15, 0.2) is 29.2 Å². The van der Waals surface area contributed by atoms with E-state index >= 15 is 0 Å². The molecule has 0 bridgehead atoms. The first-order valence-electron chi connectivity index (χ1n) is 6.51. The molecule has 0 amide bonds. The van der Waals surface area contributed by atoms with Crippen LogP contribution in [0.3, 0.4) is 0 Å². The summed E-state index contributed by atoms with van der Waals surface area (Å²) in [6.45, 7) is 1.46. The van der Waals surface area contributed by atoms with Gasteiger partial charge in [0.05, 0.1) is 11.5 Å². The van der Waals surface area contributed by atoms with Gasteiger partial charge in [-0.25, -0.2) is 0 Å². The van der Waals surface area contributed by atoms with Crippen LogP contribution >= 0.6 is 0 Å². The summed E-state index contributed by atoms with van der Waals surface area (Å²) in [5, 5.41) is 19.4. The number of ether oxygens (including phenoxy) is 2. The van der Waals surface area contributed by atoms with Crippen molar-refractivity contribution in [3.63, 3.8) is 0 Å². The van der Waals surface area contributed by atoms with E-state index in [1.165, 1.54) is 12.1 Å². The van der Waals surface area contributed by atoms with Crippen LogP contribution in [0.5, 0.6) is 0 Å². The maximum absolute atomic E-state index is 12.0. The molecular weight excluding hydrogens is 300 g/mol. The second kappa shape index (κ2) is 5.31. The molecule has 2 aliphatic rings. The molecule has 8 heteroatoms. The van der Waals surface area contributed by atoms with Crippen LogP contribution in [0.1, 0.15) is 5.56 Å². The first-order chi connectivity index (χ1) is 9.88. The average molecular weight is 316 g/mol. The van der Waals surface area contributed by atoms with Crippen LogP contribution in [-0.4, -0.2) is 55.9 Å². The highest BCUT2D eigenvalue weighted by Gasteiger charge is 2.57. The summed E-state index contributed by atoms with van der Waals surface area (Å²) >= 11 is 0. The van der Waals surface area contributed by atoms with Crippen molar-refractivity contribution in [3.8, 4) is 0 Å². The third-order valence-electron chi connectivity index (χ3n) is 3.57. The van der Waals surface area contributed by atoms with Crippen molar-refractivity contribution < 1.29 is 32.3 Å². The second-order valence-corrected chi connectivity index (χ2v) is 6.79. The maximum Gasteiger partial charge on any atom is 0.297 e. The van der Waals surface area contributed by atoms with Crippen molar-refractivity contribution in [2.75, 3.05) is 6.61 Å². The summed E-state index contributed by atoms with van der Waals surface area (Å²) in [5.74, 6) is 0. The minimum atomic E-state index is -3.93. The number of hydrogen-bond donors (Lipinski definition) is 2. The number of fused-ring (bicyclic) bond motifs is 1. The topological polar surface area (TPSA) is 106 Å². The molecule has 1 aromatic rings. The van der Waals surface area contributed by atoms with E-state index in [0.717, 1.165) is 5.56 Å². The van der Waals surface area contributed by atoms with E-state index in [0.29, 0.717) is 0 Å². The summed E-state index contributed by atoms with van der Waals surface area (Å²) < 4.78 is 39.1. The Morgan fingerprint density at radius 1 is 1.14 bits per heavy atom. The van der Waals surface area contributed by atoms with E-state index in [1.54, 1.807) is 12.1 Å². The van der Waals surface area contributed by atoms with Gasteiger partial charge in [0.2, 0.25) is 0 Å². The van der Waals surface area contributed by atoms with Crippen LogP contribution in [0.2, 0.25) is 0 Å². The lowest BCUT2D eigenvalue weighted by Gasteiger charge is -2.27. The second-order valence-electron chi connectivity index (χ2n) is 5.17. The molecule has 0 unspecified atom stereocenters.